The summed E-state index contributed by atoms with van der Waals surface area (Å²) in [4.78, 5) is 20.1. The molecule has 0 N–H and O–H groups in total. The average Bonchev–Trinajstić information content (AvgIpc) is 3.62. The smallest absolute Gasteiger partial charge is 0.164 e. The molecule has 57 heavy (non-hydrogen) atoms. The Morgan fingerprint density at radius 2 is 0.789 bits per heavy atom. The largest absolute Gasteiger partial charge is 0.309 e. The molecule has 5 heteroatoms. The van der Waals surface area contributed by atoms with Crippen molar-refractivity contribution >= 4 is 43.5 Å². The Bertz CT molecular complexity index is 3190. The van der Waals surface area contributed by atoms with Crippen LogP contribution in [0.4, 0.5) is 0 Å². The van der Waals surface area contributed by atoms with E-state index in [9.17, 15) is 0 Å². The molecule has 8 aromatic carbocycles. The molecule has 0 unspecified atom stereocenters. The van der Waals surface area contributed by atoms with Gasteiger partial charge in [-0.2, -0.15) is 0 Å². The summed E-state index contributed by atoms with van der Waals surface area (Å²) in [5.41, 5.74) is 11.5. The van der Waals surface area contributed by atoms with E-state index in [1.54, 1.807) is 0 Å². The molecule has 0 atom stereocenters. The number of fused-ring (bicyclic) bond motifs is 6. The lowest BCUT2D eigenvalue weighted by Gasteiger charge is -2.14. The molecular formula is C52H33N5. The lowest BCUT2D eigenvalue weighted by atomic mass is 9.95. The fourth-order valence-corrected chi connectivity index (χ4v) is 8.06. The number of hydrogen-bond donors (Lipinski definition) is 0. The number of aromatic nitrogens is 5. The second-order valence-corrected chi connectivity index (χ2v) is 14.3. The molecule has 0 bridgehead atoms. The zero-order valence-electron chi connectivity index (χ0n) is 30.8. The van der Waals surface area contributed by atoms with Gasteiger partial charge < -0.3 is 4.57 Å². The van der Waals surface area contributed by atoms with Crippen LogP contribution in [-0.4, -0.2) is 24.5 Å². The number of para-hydroxylation sites is 2. The fourth-order valence-electron chi connectivity index (χ4n) is 8.06. The van der Waals surface area contributed by atoms with Gasteiger partial charge in [0.05, 0.1) is 22.2 Å². The highest BCUT2D eigenvalue weighted by Gasteiger charge is 2.18. The van der Waals surface area contributed by atoms with E-state index in [0.717, 1.165) is 66.4 Å². The summed E-state index contributed by atoms with van der Waals surface area (Å²) in [6, 6.07) is 69.9. The molecule has 0 aliphatic heterocycles. The Kier molecular flexibility index (Phi) is 7.74. The van der Waals surface area contributed by atoms with Gasteiger partial charge in [0.15, 0.2) is 17.5 Å². The summed E-state index contributed by atoms with van der Waals surface area (Å²) in [6.45, 7) is 0. The zero-order chi connectivity index (χ0) is 37.7. The molecule has 11 rings (SSSR count). The van der Waals surface area contributed by atoms with Crippen LogP contribution in [0, 0.1) is 0 Å². The molecule has 0 saturated carbocycles. The van der Waals surface area contributed by atoms with E-state index in [1.807, 2.05) is 60.7 Å². The number of pyridine rings is 1. The summed E-state index contributed by atoms with van der Waals surface area (Å²) in [6.07, 6.45) is 0. The maximum Gasteiger partial charge on any atom is 0.164 e. The van der Waals surface area contributed by atoms with Crippen molar-refractivity contribution in [3.05, 3.63) is 200 Å². The minimum absolute atomic E-state index is 0.634. The third-order valence-corrected chi connectivity index (χ3v) is 10.8. The van der Waals surface area contributed by atoms with Crippen LogP contribution in [-0.2, 0) is 0 Å². The van der Waals surface area contributed by atoms with Crippen LogP contribution in [0.1, 0.15) is 0 Å². The summed E-state index contributed by atoms with van der Waals surface area (Å²) < 4.78 is 2.38. The number of nitrogens with zero attached hydrogens (tertiary/aromatic N) is 5. The number of rotatable bonds is 6. The molecule has 5 nitrogen and oxygen atoms in total. The maximum atomic E-state index is 5.35. The summed E-state index contributed by atoms with van der Waals surface area (Å²) in [5, 5.41) is 5.82. The minimum atomic E-state index is 0.634. The Hall–Kier alpha value is -7.76. The van der Waals surface area contributed by atoms with Crippen molar-refractivity contribution < 1.29 is 0 Å². The van der Waals surface area contributed by atoms with Crippen molar-refractivity contribution in [2.75, 3.05) is 0 Å². The lowest BCUT2D eigenvalue weighted by Crippen LogP contribution is -2.00. The summed E-state index contributed by atoms with van der Waals surface area (Å²) >= 11 is 0. The van der Waals surface area contributed by atoms with Crippen molar-refractivity contribution in [2.45, 2.75) is 0 Å². The molecule has 11 aromatic rings. The molecular weight excluding hydrogens is 695 g/mol. The van der Waals surface area contributed by atoms with Crippen molar-refractivity contribution in [3.63, 3.8) is 0 Å². The van der Waals surface area contributed by atoms with Gasteiger partial charge in [0.1, 0.15) is 0 Å². The van der Waals surface area contributed by atoms with Gasteiger partial charge in [-0.3, -0.25) is 0 Å². The summed E-state index contributed by atoms with van der Waals surface area (Å²) in [5.74, 6) is 1.93. The van der Waals surface area contributed by atoms with E-state index in [0.29, 0.717) is 17.5 Å². The monoisotopic (exact) mass is 727 g/mol. The predicted molar refractivity (Wildman–Crippen MR) is 234 cm³/mol. The standard InChI is InChI=1S/C52H33N5/c1-5-15-35(16-6-1)49-45-32-44-41-23-13-14-24-47(41)57(40-21-11-4-12-22-40)48(44)33-42(45)43-31-39(29-30-46(43)53-49)34-25-27-38(28-26-34)52-55-50(36-17-7-2-8-18-36)54-51(56-52)37-19-9-3-10-20-37/h1-33H. The number of benzene rings is 8. The summed E-state index contributed by atoms with van der Waals surface area (Å²) in [7, 11) is 0. The van der Waals surface area contributed by atoms with Crippen molar-refractivity contribution in [3.8, 4) is 62.2 Å². The molecule has 0 saturated heterocycles. The van der Waals surface area contributed by atoms with Gasteiger partial charge in [-0.1, -0.05) is 158 Å². The predicted octanol–water partition coefficient (Wildman–Crippen LogP) is 13.0. The van der Waals surface area contributed by atoms with Gasteiger partial charge in [-0.05, 0) is 59.0 Å². The Labute approximate surface area is 329 Å². The van der Waals surface area contributed by atoms with Crippen LogP contribution in [0.3, 0.4) is 0 Å². The Balaban J connectivity index is 1.08. The van der Waals surface area contributed by atoms with Crippen LogP contribution in [0.25, 0.3) is 106 Å². The Morgan fingerprint density at radius 3 is 1.42 bits per heavy atom. The van der Waals surface area contributed by atoms with Crippen molar-refractivity contribution in [2.24, 2.45) is 0 Å². The van der Waals surface area contributed by atoms with E-state index in [-0.39, 0.29) is 0 Å². The molecule has 3 aromatic heterocycles. The van der Waals surface area contributed by atoms with E-state index in [4.69, 9.17) is 19.9 Å². The molecule has 3 heterocycles. The highest BCUT2D eigenvalue weighted by molar-refractivity contribution is 6.20. The first kappa shape index (κ1) is 32.7. The Morgan fingerprint density at radius 1 is 0.281 bits per heavy atom. The first-order valence-corrected chi connectivity index (χ1v) is 19.1. The van der Waals surface area contributed by atoms with Gasteiger partial charge >= 0.3 is 0 Å². The van der Waals surface area contributed by atoms with Gasteiger partial charge in [-0.25, -0.2) is 19.9 Å². The second-order valence-electron chi connectivity index (χ2n) is 14.3. The van der Waals surface area contributed by atoms with Gasteiger partial charge in [0.25, 0.3) is 0 Å². The van der Waals surface area contributed by atoms with Crippen LogP contribution in [0.15, 0.2) is 200 Å². The van der Waals surface area contributed by atoms with Crippen molar-refractivity contribution in [1.82, 2.24) is 24.5 Å². The normalized spacial score (nSPS) is 11.5. The first-order valence-electron chi connectivity index (χ1n) is 19.1. The average molecular weight is 728 g/mol. The zero-order valence-corrected chi connectivity index (χ0v) is 30.8. The molecule has 0 spiro atoms. The minimum Gasteiger partial charge on any atom is -0.309 e. The lowest BCUT2D eigenvalue weighted by molar-refractivity contribution is 1.07. The van der Waals surface area contributed by atoms with Crippen LogP contribution >= 0.6 is 0 Å². The quantitative estimate of drug-likeness (QED) is 0.160. The van der Waals surface area contributed by atoms with Crippen LogP contribution in [0.2, 0.25) is 0 Å². The SMILES string of the molecule is c1ccc(-c2nc(-c3ccccc3)nc(-c3ccc(-c4ccc5nc(-c6ccccc6)c6cc7c8ccccc8n(-c8ccccc8)c7cc6c5c4)cc3)n2)cc1. The van der Waals surface area contributed by atoms with Gasteiger partial charge in [-0.15, -0.1) is 0 Å². The maximum absolute atomic E-state index is 5.35. The third kappa shape index (κ3) is 5.72. The van der Waals surface area contributed by atoms with Crippen LogP contribution in [0.5, 0.6) is 0 Å². The molecule has 0 amide bonds. The van der Waals surface area contributed by atoms with E-state index >= 15 is 0 Å². The molecule has 0 radical (unpaired) electrons. The third-order valence-electron chi connectivity index (χ3n) is 10.8. The van der Waals surface area contributed by atoms with E-state index < -0.39 is 0 Å². The topological polar surface area (TPSA) is 56.5 Å². The molecule has 0 fully saturated rings. The fraction of sp³-hybridized carbons (Fsp3) is 0. The van der Waals surface area contributed by atoms with Gasteiger partial charge in [0, 0.05) is 49.5 Å². The molecule has 0 aliphatic carbocycles. The van der Waals surface area contributed by atoms with Crippen molar-refractivity contribution in [1.29, 1.82) is 0 Å². The molecule has 266 valence electrons. The van der Waals surface area contributed by atoms with E-state index in [1.165, 1.54) is 21.8 Å². The van der Waals surface area contributed by atoms with Crippen LogP contribution < -0.4 is 0 Å². The second kappa shape index (κ2) is 13.5. The first-order chi connectivity index (χ1) is 28.2. The highest BCUT2D eigenvalue weighted by atomic mass is 15.0. The van der Waals surface area contributed by atoms with E-state index in [2.05, 4.69) is 144 Å². The van der Waals surface area contributed by atoms with Gasteiger partial charge in [0.2, 0.25) is 0 Å². The number of hydrogen-bond acceptors (Lipinski definition) is 4. The molecule has 0 aliphatic rings. The highest BCUT2D eigenvalue weighted by Crippen LogP contribution is 2.41.